The van der Waals surface area contributed by atoms with E-state index < -0.39 is 0 Å². The average Bonchev–Trinajstić information content (AvgIpc) is 2.47. The maximum atomic E-state index is 9.35. The Morgan fingerprint density at radius 3 is 2.20 bits per heavy atom. The number of hydrogen-bond acceptors (Lipinski definition) is 3. The van der Waals surface area contributed by atoms with Crippen LogP contribution >= 0.6 is 23.5 Å². The molecule has 0 amide bonds. The second-order valence-corrected chi connectivity index (χ2v) is 6.53. The summed E-state index contributed by atoms with van der Waals surface area (Å²) in [7, 11) is 0. The van der Waals surface area contributed by atoms with E-state index in [0.29, 0.717) is 0 Å². The van der Waals surface area contributed by atoms with E-state index in [1.54, 1.807) is 23.5 Å². The van der Waals surface area contributed by atoms with Gasteiger partial charge in [0.05, 0.1) is 5.56 Å². The van der Waals surface area contributed by atoms with Crippen LogP contribution in [-0.2, 0) is 12.8 Å². The number of fused-ring (bicyclic) bond motifs is 1. The molecule has 0 fully saturated rings. The summed E-state index contributed by atoms with van der Waals surface area (Å²) >= 11 is 3.43. The van der Waals surface area contributed by atoms with Crippen LogP contribution in [0.3, 0.4) is 0 Å². The molecule has 1 aliphatic carbocycles. The van der Waals surface area contributed by atoms with E-state index in [1.807, 2.05) is 6.26 Å². The fourth-order valence-corrected chi connectivity index (χ4v) is 3.72. The van der Waals surface area contributed by atoms with Gasteiger partial charge in [-0.1, -0.05) is 12.1 Å². The Labute approximate surface area is 128 Å². The Balaban J connectivity index is 2.15. The van der Waals surface area contributed by atoms with Crippen LogP contribution in [0, 0.1) is 11.3 Å². The molecular formula is C17H15NS2. The van der Waals surface area contributed by atoms with Gasteiger partial charge in [0.25, 0.3) is 0 Å². The highest BCUT2D eigenvalue weighted by molar-refractivity contribution is 7.98. The molecule has 0 N–H and O–H groups in total. The lowest BCUT2D eigenvalue weighted by Crippen LogP contribution is -2.13. The third kappa shape index (κ3) is 2.13. The molecule has 3 heteroatoms. The van der Waals surface area contributed by atoms with Crippen LogP contribution in [0.5, 0.6) is 0 Å². The topological polar surface area (TPSA) is 23.8 Å². The van der Waals surface area contributed by atoms with Crippen LogP contribution in [0.1, 0.15) is 16.7 Å². The van der Waals surface area contributed by atoms with E-state index in [1.165, 1.54) is 27.1 Å². The van der Waals surface area contributed by atoms with Crippen molar-refractivity contribution in [3.8, 4) is 17.2 Å². The van der Waals surface area contributed by atoms with Gasteiger partial charge in [0.1, 0.15) is 6.07 Å². The molecule has 0 saturated heterocycles. The summed E-state index contributed by atoms with van der Waals surface area (Å²) in [4.78, 5) is 2.39. The molecule has 2 aromatic rings. The summed E-state index contributed by atoms with van der Waals surface area (Å²) in [6, 6.07) is 13.3. The zero-order valence-electron chi connectivity index (χ0n) is 11.6. The normalized spacial score (nSPS) is 12.4. The summed E-state index contributed by atoms with van der Waals surface area (Å²) in [6.07, 6.45) is 6.28. The minimum atomic E-state index is 0.892. The predicted octanol–water partition coefficient (Wildman–Crippen LogP) is 4.77. The molecule has 0 saturated carbocycles. The van der Waals surface area contributed by atoms with Gasteiger partial charge in [0, 0.05) is 9.79 Å². The Bertz CT molecular complexity index is 696. The molecule has 100 valence electrons. The average molecular weight is 297 g/mol. The maximum absolute atomic E-state index is 9.35. The molecule has 3 rings (SSSR count). The van der Waals surface area contributed by atoms with Gasteiger partial charge in [-0.05, 0) is 65.8 Å². The third-order valence-corrected chi connectivity index (χ3v) is 5.38. The van der Waals surface area contributed by atoms with Gasteiger partial charge < -0.3 is 0 Å². The van der Waals surface area contributed by atoms with Gasteiger partial charge in [-0.15, -0.1) is 23.5 Å². The molecule has 0 atom stereocenters. The lowest BCUT2D eigenvalue weighted by atomic mass is 9.80. The first-order valence-electron chi connectivity index (χ1n) is 6.55. The van der Waals surface area contributed by atoms with Crippen molar-refractivity contribution in [2.24, 2.45) is 0 Å². The number of rotatable bonds is 3. The van der Waals surface area contributed by atoms with Crippen LogP contribution in [-0.4, -0.2) is 12.5 Å². The Kier molecular flexibility index (Phi) is 3.78. The Hall–Kier alpha value is -1.37. The zero-order chi connectivity index (χ0) is 14.1. The second kappa shape index (κ2) is 5.55. The van der Waals surface area contributed by atoms with Crippen molar-refractivity contribution < 1.29 is 0 Å². The smallest absolute Gasteiger partial charge is 0.101 e. The van der Waals surface area contributed by atoms with E-state index in [9.17, 15) is 5.26 Å². The molecule has 0 aliphatic heterocycles. The molecule has 0 bridgehead atoms. The zero-order valence-corrected chi connectivity index (χ0v) is 13.2. The van der Waals surface area contributed by atoms with Gasteiger partial charge in [0.2, 0.25) is 0 Å². The van der Waals surface area contributed by atoms with Crippen LogP contribution in [0.15, 0.2) is 40.1 Å². The van der Waals surface area contributed by atoms with Crippen molar-refractivity contribution in [3.63, 3.8) is 0 Å². The van der Waals surface area contributed by atoms with Gasteiger partial charge in [-0.3, -0.25) is 0 Å². The van der Waals surface area contributed by atoms with Crippen molar-refractivity contribution in [3.05, 3.63) is 47.0 Å². The molecule has 2 aromatic carbocycles. The number of benzene rings is 2. The Morgan fingerprint density at radius 2 is 1.70 bits per heavy atom. The van der Waals surface area contributed by atoms with Gasteiger partial charge in [-0.25, -0.2) is 0 Å². The van der Waals surface area contributed by atoms with Gasteiger partial charge in [0.15, 0.2) is 0 Å². The molecule has 0 spiro atoms. The molecule has 1 nitrogen and oxygen atoms in total. The minimum absolute atomic E-state index is 0.892. The maximum Gasteiger partial charge on any atom is 0.101 e. The quantitative estimate of drug-likeness (QED) is 0.763. The minimum Gasteiger partial charge on any atom is -0.192 e. The standard InChI is InChI=1S/C17H15NS2/c1-19-12-5-3-11(4-6-12)15-9-17(20-2)16(10-18)14-8-7-13(14)15/h3-6,9H,7-8H2,1-2H3. The fraction of sp³-hybridized carbons (Fsp3) is 0.235. The highest BCUT2D eigenvalue weighted by Gasteiger charge is 2.24. The van der Waals surface area contributed by atoms with Crippen molar-refractivity contribution in [1.82, 2.24) is 0 Å². The Morgan fingerprint density at radius 1 is 1.00 bits per heavy atom. The molecule has 20 heavy (non-hydrogen) atoms. The van der Waals surface area contributed by atoms with Crippen molar-refractivity contribution >= 4 is 23.5 Å². The van der Waals surface area contributed by atoms with Crippen molar-refractivity contribution in [2.75, 3.05) is 12.5 Å². The first kappa shape index (κ1) is 13.6. The highest BCUT2D eigenvalue weighted by atomic mass is 32.2. The molecule has 0 heterocycles. The van der Waals surface area contributed by atoms with Gasteiger partial charge in [-0.2, -0.15) is 5.26 Å². The molecule has 1 aliphatic rings. The number of nitriles is 1. The third-order valence-electron chi connectivity index (χ3n) is 3.87. The second-order valence-electron chi connectivity index (χ2n) is 4.80. The van der Waals surface area contributed by atoms with E-state index in [0.717, 1.165) is 23.3 Å². The molecule has 0 radical (unpaired) electrons. The number of thioether (sulfide) groups is 2. The SMILES string of the molecule is CSc1ccc(-c2cc(SC)c(C#N)c3c2CC3)cc1. The van der Waals surface area contributed by atoms with Crippen LogP contribution in [0.4, 0.5) is 0 Å². The summed E-state index contributed by atoms with van der Waals surface area (Å²) < 4.78 is 0. The van der Waals surface area contributed by atoms with Crippen LogP contribution < -0.4 is 0 Å². The lowest BCUT2D eigenvalue weighted by Gasteiger charge is -2.26. The predicted molar refractivity (Wildman–Crippen MR) is 87.6 cm³/mol. The highest BCUT2D eigenvalue weighted by Crippen LogP contribution is 2.40. The number of hydrogen-bond donors (Lipinski definition) is 0. The summed E-state index contributed by atoms with van der Waals surface area (Å²) in [5.41, 5.74) is 6.10. The summed E-state index contributed by atoms with van der Waals surface area (Å²) in [5.74, 6) is 0. The number of nitrogens with zero attached hydrogens (tertiary/aromatic N) is 1. The summed E-state index contributed by atoms with van der Waals surface area (Å²) in [5, 5.41) is 9.35. The van der Waals surface area contributed by atoms with E-state index >= 15 is 0 Å². The van der Waals surface area contributed by atoms with Gasteiger partial charge >= 0.3 is 0 Å². The lowest BCUT2D eigenvalue weighted by molar-refractivity contribution is 0.829. The van der Waals surface area contributed by atoms with Crippen LogP contribution in [0.2, 0.25) is 0 Å². The van der Waals surface area contributed by atoms with E-state index in [2.05, 4.69) is 42.7 Å². The fourth-order valence-electron chi connectivity index (χ4n) is 2.70. The molecular weight excluding hydrogens is 282 g/mol. The van der Waals surface area contributed by atoms with Crippen molar-refractivity contribution in [2.45, 2.75) is 22.6 Å². The monoisotopic (exact) mass is 297 g/mol. The van der Waals surface area contributed by atoms with E-state index in [4.69, 9.17) is 0 Å². The molecule has 0 unspecified atom stereocenters. The first-order chi connectivity index (χ1) is 9.78. The largest absolute Gasteiger partial charge is 0.192 e. The van der Waals surface area contributed by atoms with Crippen LogP contribution in [0.25, 0.3) is 11.1 Å². The van der Waals surface area contributed by atoms with Crippen molar-refractivity contribution in [1.29, 1.82) is 5.26 Å². The summed E-state index contributed by atoms with van der Waals surface area (Å²) in [6.45, 7) is 0. The first-order valence-corrected chi connectivity index (χ1v) is 9.00. The van der Waals surface area contributed by atoms with E-state index in [-0.39, 0.29) is 0 Å². The molecule has 0 aromatic heterocycles.